The number of fused-ring (bicyclic) bond motifs is 3. The summed E-state index contributed by atoms with van der Waals surface area (Å²) in [5.41, 5.74) is 5.80. The van der Waals surface area contributed by atoms with Gasteiger partial charge in [0.2, 0.25) is 0 Å². The highest BCUT2D eigenvalue weighted by molar-refractivity contribution is 14.2. The Hall–Kier alpha value is -2.71. The maximum Gasteiger partial charge on any atom is 0.261 e. The predicted octanol–water partition coefficient (Wildman–Crippen LogP) is 6.54. The molecule has 6 nitrogen and oxygen atoms in total. The van der Waals surface area contributed by atoms with Gasteiger partial charge in [0, 0.05) is 11.8 Å². The maximum absolute atomic E-state index is 15.1. The second-order valence-electron chi connectivity index (χ2n) is 9.69. The third-order valence-corrected chi connectivity index (χ3v) is 9.39. The molecule has 0 aliphatic heterocycles. The van der Waals surface area contributed by atoms with Crippen LogP contribution in [-0.4, -0.2) is 24.1 Å². The summed E-state index contributed by atoms with van der Waals surface area (Å²) >= 11 is 2.29. The van der Waals surface area contributed by atoms with Crippen molar-refractivity contribution in [3.05, 3.63) is 88.0 Å². The molecular formula is C27H22FIN5OP. The van der Waals surface area contributed by atoms with Crippen LogP contribution in [-0.2, 0) is 6.42 Å². The molecule has 5 aromatic rings. The molecule has 3 heterocycles. The summed E-state index contributed by atoms with van der Waals surface area (Å²) in [6.07, 6.45) is 10.7. The van der Waals surface area contributed by atoms with Gasteiger partial charge in [-0.1, -0.05) is 18.2 Å². The van der Waals surface area contributed by atoms with Gasteiger partial charge in [0.25, 0.3) is 5.56 Å². The Bertz CT molecular complexity index is 1730. The molecule has 9 heteroatoms. The zero-order chi connectivity index (χ0) is 24.4. The van der Waals surface area contributed by atoms with E-state index in [-0.39, 0.29) is 17.0 Å². The van der Waals surface area contributed by atoms with Gasteiger partial charge in [0.1, 0.15) is 12.1 Å². The van der Waals surface area contributed by atoms with Gasteiger partial charge in [0.05, 0.1) is 35.1 Å². The van der Waals surface area contributed by atoms with E-state index < -0.39 is 5.82 Å². The summed E-state index contributed by atoms with van der Waals surface area (Å²) in [7, 11) is 0. The van der Waals surface area contributed by atoms with Gasteiger partial charge in [-0.3, -0.25) is 4.79 Å². The van der Waals surface area contributed by atoms with Crippen molar-refractivity contribution in [1.82, 2.24) is 24.1 Å². The minimum Gasteiger partial charge on any atom is -0.307 e. The molecule has 0 spiro atoms. The van der Waals surface area contributed by atoms with E-state index in [1.165, 1.54) is 5.56 Å². The SMILES string of the molecule is O=c1c2c(F)cc(C3CC3)cc2ccn1C1CCCc2cc(-c3ncnc4c3cnn4PI)ccc21. The van der Waals surface area contributed by atoms with Crippen LogP contribution in [0, 0.1) is 5.82 Å². The second kappa shape index (κ2) is 8.70. The first kappa shape index (κ1) is 22.5. The van der Waals surface area contributed by atoms with E-state index in [9.17, 15) is 4.79 Å². The molecule has 3 aromatic heterocycles. The lowest BCUT2D eigenvalue weighted by molar-refractivity contribution is 0.479. The largest absolute Gasteiger partial charge is 0.307 e. The van der Waals surface area contributed by atoms with Gasteiger partial charge in [-0.05, 0) is 100 Å². The van der Waals surface area contributed by atoms with Crippen LogP contribution in [0.4, 0.5) is 4.39 Å². The molecule has 0 bridgehead atoms. The molecule has 0 N–H and O–H groups in total. The van der Waals surface area contributed by atoms with Crippen molar-refractivity contribution in [3.8, 4) is 11.3 Å². The Kier molecular flexibility index (Phi) is 5.43. The van der Waals surface area contributed by atoms with E-state index in [4.69, 9.17) is 0 Å². The topological polar surface area (TPSA) is 65.6 Å². The molecule has 2 atom stereocenters. The van der Waals surface area contributed by atoms with Gasteiger partial charge in [0.15, 0.2) is 5.65 Å². The number of hydrogen-bond acceptors (Lipinski definition) is 4. The lowest BCUT2D eigenvalue weighted by Gasteiger charge is -2.28. The Morgan fingerprint density at radius 1 is 1.08 bits per heavy atom. The lowest BCUT2D eigenvalue weighted by atomic mass is 9.85. The number of pyridine rings is 1. The average Bonchev–Trinajstić information content (AvgIpc) is 3.67. The molecule has 36 heavy (non-hydrogen) atoms. The standard InChI is InChI=1S/C27H22FIN5OP/c28-22-12-19(15-4-5-15)11-17-8-9-33(27(35)24(17)22)23-3-1-2-16-10-18(6-7-20(16)23)25-21-13-32-34(36-29)26(21)31-14-30-25/h6-15,23,36H,1-5H2. The quantitative estimate of drug-likeness (QED) is 0.172. The molecular weight excluding hydrogens is 587 g/mol. The van der Waals surface area contributed by atoms with Crippen LogP contribution in [0.2, 0.25) is 0 Å². The van der Waals surface area contributed by atoms with E-state index in [2.05, 4.69) is 55.3 Å². The fraction of sp³-hybridized carbons (Fsp3) is 0.259. The van der Waals surface area contributed by atoms with Gasteiger partial charge in [-0.25, -0.2) is 18.8 Å². The van der Waals surface area contributed by atoms with Crippen LogP contribution in [0.1, 0.15) is 54.3 Å². The van der Waals surface area contributed by atoms with Gasteiger partial charge >= 0.3 is 0 Å². The lowest BCUT2D eigenvalue weighted by Crippen LogP contribution is -2.28. The Labute approximate surface area is 221 Å². The highest BCUT2D eigenvalue weighted by Gasteiger charge is 2.27. The molecule has 0 saturated heterocycles. The number of aromatic nitrogens is 5. The molecule has 2 aliphatic carbocycles. The number of halogens is 2. The predicted molar refractivity (Wildman–Crippen MR) is 150 cm³/mol. The fourth-order valence-electron chi connectivity index (χ4n) is 5.62. The van der Waals surface area contributed by atoms with E-state index in [0.29, 0.717) is 17.7 Å². The van der Waals surface area contributed by atoms with Crippen LogP contribution >= 0.6 is 28.4 Å². The minimum absolute atomic E-state index is 0.115. The van der Waals surface area contributed by atoms with Crippen LogP contribution < -0.4 is 5.56 Å². The van der Waals surface area contributed by atoms with Gasteiger partial charge < -0.3 is 4.57 Å². The van der Waals surface area contributed by atoms with E-state index in [0.717, 1.165) is 65.5 Å². The summed E-state index contributed by atoms with van der Waals surface area (Å²) in [5.74, 6) is 0.0405. The highest BCUT2D eigenvalue weighted by Crippen LogP contribution is 2.41. The first-order valence-corrected chi connectivity index (χ1v) is 16.2. The van der Waals surface area contributed by atoms with Crippen molar-refractivity contribution in [3.63, 3.8) is 0 Å². The number of rotatable bonds is 4. The highest BCUT2D eigenvalue weighted by atomic mass is 127. The fourth-order valence-corrected chi connectivity index (χ4v) is 7.04. The molecule has 0 amide bonds. The number of nitrogens with zero attached hydrogens (tertiary/aromatic N) is 5. The summed E-state index contributed by atoms with van der Waals surface area (Å²) in [5, 5.41) is 6.28. The normalized spacial score (nSPS) is 17.9. The molecule has 1 saturated carbocycles. The molecule has 0 radical (unpaired) electrons. The smallest absolute Gasteiger partial charge is 0.261 e. The van der Waals surface area contributed by atoms with Crippen LogP contribution in [0.5, 0.6) is 0 Å². The van der Waals surface area contributed by atoms with E-state index >= 15 is 4.39 Å². The molecule has 7 rings (SSSR count). The maximum atomic E-state index is 15.1. The van der Waals surface area contributed by atoms with Gasteiger partial charge in [-0.2, -0.15) is 5.10 Å². The zero-order valence-electron chi connectivity index (χ0n) is 19.3. The first-order chi connectivity index (χ1) is 17.6. The van der Waals surface area contributed by atoms with Crippen LogP contribution in [0.3, 0.4) is 0 Å². The molecule has 2 aliphatic rings. The Balaban J connectivity index is 1.31. The third kappa shape index (κ3) is 3.60. The summed E-state index contributed by atoms with van der Waals surface area (Å²) in [4.78, 5) is 22.5. The number of aryl methyl sites for hydroxylation is 1. The minimum atomic E-state index is -0.402. The van der Waals surface area contributed by atoms with Crippen LogP contribution in [0.15, 0.2) is 59.9 Å². The van der Waals surface area contributed by atoms with Crippen LogP contribution in [0.25, 0.3) is 33.1 Å². The molecule has 1 fully saturated rings. The van der Waals surface area contributed by atoms with Crippen molar-refractivity contribution >= 4 is 50.2 Å². The van der Waals surface area contributed by atoms with Crippen molar-refractivity contribution in [2.45, 2.75) is 44.1 Å². The molecule has 2 unspecified atom stereocenters. The molecule has 2 aromatic carbocycles. The first-order valence-electron chi connectivity index (χ1n) is 12.2. The summed E-state index contributed by atoms with van der Waals surface area (Å²) in [6.45, 7) is 0. The number of benzene rings is 2. The monoisotopic (exact) mass is 609 g/mol. The summed E-state index contributed by atoms with van der Waals surface area (Å²) < 4.78 is 18.7. The molecule has 180 valence electrons. The zero-order valence-corrected chi connectivity index (χ0v) is 22.4. The Morgan fingerprint density at radius 2 is 1.97 bits per heavy atom. The number of hydrogen-bond donors (Lipinski definition) is 0. The van der Waals surface area contributed by atoms with Crippen molar-refractivity contribution < 1.29 is 4.39 Å². The average molecular weight is 609 g/mol. The van der Waals surface area contributed by atoms with E-state index in [1.807, 2.05) is 29.0 Å². The van der Waals surface area contributed by atoms with E-state index in [1.54, 1.807) is 17.0 Å². The second-order valence-corrected chi connectivity index (χ2v) is 11.7. The summed E-state index contributed by atoms with van der Waals surface area (Å²) in [6, 6.07) is 11.7. The van der Waals surface area contributed by atoms with Crippen molar-refractivity contribution in [1.29, 1.82) is 0 Å². The Morgan fingerprint density at radius 3 is 2.81 bits per heavy atom. The van der Waals surface area contributed by atoms with Gasteiger partial charge in [-0.15, -0.1) is 0 Å². The third-order valence-electron chi connectivity index (χ3n) is 7.54. The van der Waals surface area contributed by atoms with Crippen molar-refractivity contribution in [2.24, 2.45) is 0 Å². The van der Waals surface area contributed by atoms with Crippen molar-refractivity contribution in [2.75, 3.05) is 0 Å².